The molecule has 0 aliphatic carbocycles. The highest BCUT2D eigenvalue weighted by atomic mass is 16.5. The van der Waals surface area contributed by atoms with Crippen molar-refractivity contribution in [2.24, 2.45) is 5.92 Å². The quantitative estimate of drug-likeness (QED) is 0.910. The lowest BCUT2D eigenvalue weighted by atomic mass is 9.97. The van der Waals surface area contributed by atoms with E-state index in [2.05, 4.69) is 44.3 Å². The third-order valence-corrected chi connectivity index (χ3v) is 4.91. The molecule has 2 saturated heterocycles. The largest absolute Gasteiger partial charge is 0.370 e. The van der Waals surface area contributed by atoms with Crippen molar-refractivity contribution in [1.82, 2.24) is 10.2 Å². The van der Waals surface area contributed by atoms with Gasteiger partial charge in [0.2, 0.25) is 5.91 Å². The third-order valence-electron chi connectivity index (χ3n) is 4.91. The number of amides is 1. The lowest BCUT2D eigenvalue weighted by Gasteiger charge is -2.39. The zero-order chi connectivity index (χ0) is 15.7. The van der Waals surface area contributed by atoms with Crippen LogP contribution in [0, 0.1) is 19.8 Å². The minimum atomic E-state index is -0.00517. The van der Waals surface area contributed by atoms with Gasteiger partial charge >= 0.3 is 0 Å². The average molecular weight is 302 g/mol. The lowest BCUT2D eigenvalue weighted by Crippen LogP contribution is -2.50. The topological polar surface area (TPSA) is 41.6 Å². The second-order valence-electron chi connectivity index (χ2n) is 6.71. The molecule has 1 N–H and O–H groups in total. The molecule has 22 heavy (non-hydrogen) atoms. The summed E-state index contributed by atoms with van der Waals surface area (Å²) in [7, 11) is 0. The summed E-state index contributed by atoms with van der Waals surface area (Å²) in [6.07, 6.45) is 0.950. The Balaban J connectivity index is 1.78. The van der Waals surface area contributed by atoms with Gasteiger partial charge in [-0.3, -0.25) is 4.79 Å². The molecule has 0 spiro atoms. The third kappa shape index (κ3) is 3.03. The monoisotopic (exact) mass is 302 g/mol. The van der Waals surface area contributed by atoms with Crippen LogP contribution < -0.4 is 5.32 Å². The molecule has 0 saturated carbocycles. The normalized spacial score (nSPS) is 28.9. The van der Waals surface area contributed by atoms with Crippen LogP contribution in [0.2, 0.25) is 0 Å². The van der Waals surface area contributed by atoms with E-state index in [4.69, 9.17) is 4.74 Å². The minimum absolute atomic E-state index is 0.00517. The van der Waals surface area contributed by atoms with Gasteiger partial charge in [-0.1, -0.05) is 23.8 Å². The molecule has 0 unspecified atom stereocenters. The molecule has 3 atom stereocenters. The van der Waals surface area contributed by atoms with Crippen molar-refractivity contribution in [2.45, 2.75) is 39.3 Å². The SMILES string of the molecule is Cc1ccc(C)c([C@@H]2CN(C(=O)[C@H]3CCNC3)[C@@H](C)CO2)c1. The molecule has 1 amide bonds. The molecule has 4 heteroatoms. The molecular formula is C18H26N2O2. The van der Waals surface area contributed by atoms with Gasteiger partial charge in [-0.2, -0.15) is 0 Å². The van der Waals surface area contributed by atoms with Crippen LogP contribution in [0.4, 0.5) is 0 Å². The van der Waals surface area contributed by atoms with Gasteiger partial charge < -0.3 is 15.0 Å². The molecule has 2 heterocycles. The van der Waals surface area contributed by atoms with E-state index < -0.39 is 0 Å². The van der Waals surface area contributed by atoms with Crippen molar-refractivity contribution in [1.29, 1.82) is 0 Å². The van der Waals surface area contributed by atoms with Gasteiger partial charge in [0.05, 0.1) is 25.1 Å². The molecule has 4 nitrogen and oxygen atoms in total. The van der Waals surface area contributed by atoms with Crippen LogP contribution in [0.15, 0.2) is 18.2 Å². The maximum atomic E-state index is 12.8. The fourth-order valence-electron chi connectivity index (χ4n) is 3.46. The standard InChI is InChI=1S/C18H26N2O2/c1-12-4-5-13(2)16(8-12)17-10-20(14(3)11-22-17)18(21)15-6-7-19-9-15/h4-5,8,14-15,17,19H,6-7,9-11H2,1-3H3/t14-,15-,17-/m0/s1. The summed E-state index contributed by atoms with van der Waals surface area (Å²) in [5.74, 6) is 0.427. The molecule has 0 bridgehead atoms. The van der Waals surface area contributed by atoms with Crippen LogP contribution in [0.3, 0.4) is 0 Å². The summed E-state index contributed by atoms with van der Waals surface area (Å²) in [4.78, 5) is 14.8. The Hall–Kier alpha value is -1.39. The lowest BCUT2D eigenvalue weighted by molar-refractivity contribution is -0.148. The highest BCUT2D eigenvalue weighted by Gasteiger charge is 2.35. The Morgan fingerprint density at radius 3 is 2.91 bits per heavy atom. The van der Waals surface area contributed by atoms with Gasteiger partial charge in [0.25, 0.3) is 0 Å². The molecule has 2 fully saturated rings. The molecule has 1 aromatic carbocycles. The summed E-state index contributed by atoms with van der Waals surface area (Å²) in [6.45, 7) is 9.35. The first-order chi connectivity index (χ1) is 10.6. The van der Waals surface area contributed by atoms with Crippen LogP contribution >= 0.6 is 0 Å². The molecule has 0 aromatic heterocycles. The summed E-state index contributed by atoms with van der Waals surface area (Å²) in [6, 6.07) is 6.61. The van der Waals surface area contributed by atoms with Gasteiger partial charge in [-0.05, 0) is 44.9 Å². The summed E-state index contributed by atoms with van der Waals surface area (Å²) in [5, 5.41) is 3.29. The first kappa shape index (κ1) is 15.5. The first-order valence-electron chi connectivity index (χ1n) is 8.26. The van der Waals surface area contributed by atoms with Crippen LogP contribution in [0.25, 0.3) is 0 Å². The van der Waals surface area contributed by atoms with E-state index in [1.807, 2.05) is 4.90 Å². The van der Waals surface area contributed by atoms with E-state index in [0.29, 0.717) is 13.2 Å². The molecular weight excluding hydrogens is 276 g/mol. The van der Waals surface area contributed by atoms with Crippen molar-refractivity contribution in [3.8, 4) is 0 Å². The average Bonchev–Trinajstić information content (AvgIpc) is 3.04. The van der Waals surface area contributed by atoms with Crippen molar-refractivity contribution >= 4 is 5.91 Å². The molecule has 2 aliphatic heterocycles. The van der Waals surface area contributed by atoms with Gasteiger partial charge in [0.1, 0.15) is 6.10 Å². The fourth-order valence-corrected chi connectivity index (χ4v) is 3.46. The van der Waals surface area contributed by atoms with Crippen LogP contribution in [0.5, 0.6) is 0 Å². The van der Waals surface area contributed by atoms with E-state index in [-0.39, 0.29) is 24.0 Å². The van der Waals surface area contributed by atoms with Gasteiger partial charge in [-0.25, -0.2) is 0 Å². The molecule has 2 aliphatic rings. The highest BCUT2D eigenvalue weighted by Crippen LogP contribution is 2.29. The number of hydrogen-bond donors (Lipinski definition) is 1. The van der Waals surface area contributed by atoms with Crippen molar-refractivity contribution in [3.05, 3.63) is 34.9 Å². The highest BCUT2D eigenvalue weighted by molar-refractivity contribution is 5.80. The van der Waals surface area contributed by atoms with Crippen molar-refractivity contribution < 1.29 is 9.53 Å². The van der Waals surface area contributed by atoms with Crippen LogP contribution in [0.1, 0.15) is 36.1 Å². The summed E-state index contributed by atoms with van der Waals surface area (Å²) >= 11 is 0. The predicted molar refractivity (Wildman–Crippen MR) is 86.8 cm³/mol. The van der Waals surface area contributed by atoms with Crippen molar-refractivity contribution in [3.63, 3.8) is 0 Å². The molecule has 0 radical (unpaired) electrons. The van der Waals surface area contributed by atoms with E-state index >= 15 is 0 Å². The second-order valence-corrected chi connectivity index (χ2v) is 6.71. The number of ether oxygens (including phenoxy) is 1. The van der Waals surface area contributed by atoms with Gasteiger partial charge in [0.15, 0.2) is 0 Å². The van der Waals surface area contributed by atoms with E-state index in [9.17, 15) is 4.79 Å². The Kier molecular flexibility index (Phi) is 4.50. The maximum absolute atomic E-state index is 12.8. The van der Waals surface area contributed by atoms with E-state index in [1.54, 1.807) is 0 Å². The van der Waals surface area contributed by atoms with Crippen LogP contribution in [-0.4, -0.2) is 43.1 Å². The van der Waals surface area contributed by atoms with Gasteiger partial charge in [0, 0.05) is 6.54 Å². The number of carbonyl (C=O) groups excluding carboxylic acids is 1. The minimum Gasteiger partial charge on any atom is -0.370 e. The maximum Gasteiger partial charge on any atom is 0.227 e. The number of carbonyl (C=O) groups is 1. The Morgan fingerprint density at radius 1 is 1.36 bits per heavy atom. The van der Waals surface area contributed by atoms with Crippen molar-refractivity contribution in [2.75, 3.05) is 26.2 Å². The number of nitrogens with one attached hydrogen (secondary N) is 1. The Morgan fingerprint density at radius 2 is 2.18 bits per heavy atom. The molecule has 3 rings (SSSR count). The second kappa shape index (κ2) is 6.39. The molecule has 1 aromatic rings. The first-order valence-corrected chi connectivity index (χ1v) is 8.26. The Labute approximate surface area is 132 Å². The number of aryl methyl sites for hydroxylation is 2. The Bertz CT molecular complexity index is 552. The zero-order valence-electron chi connectivity index (χ0n) is 13.8. The van der Waals surface area contributed by atoms with Crippen LogP contribution in [-0.2, 0) is 9.53 Å². The number of rotatable bonds is 2. The van der Waals surface area contributed by atoms with Gasteiger partial charge in [-0.15, -0.1) is 0 Å². The summed E-state index contributed by atoms with van der Waals surface area (Å²) in [5.41, 5.74) is 3.69. The fraction of sp³-hybridized carbons (Fsp3) is 0.611. The number of nitrogens with zero attached hydrogens (tertiary/aromatic N) is 1. The molecule has 120 valence electrons. The number of benzene rings is 1. The predicted octanol–water partition coefficient (Wildman–Crippen LogP) is 2.20. The smallest absolute Gasteiger partial charge is 0.227 e. The van der Waals surface area contributed by atoms with E-state index in [0.717, 1.165) is 19.5 Å². The number of hydrogen-bond acceptors (Lipinski definition) is 3. The summed E-state index contributed by atoms with van der Waals surface area (Å²) < 4.78 is 6.05. The van der Waals surface area contributed by atoms with E-state index in [1.165, 1.54) is 16.7 Å². The zero-order valence-corrected chi connectivity index (χ0v) is 13.8. The number of morpholine rings is 1.